The van der Waals surface area contributed by atoms with Crippen LogP contribution in [0.1, 0.15) is 50.6 Å². The molecule has 3 rings (SSSR count). The lowest BCUT2D eigenvalue weighted by molar-refractivity contribution is -0.142. The monoisotopic (exact) mass is 329 g/mol. The van der Waals surface area contributed by atoms with E-state index in [4.69, 9.17) is 0 Å². The molecule has 1 aromatic heterocycles. The third kappa shape index (κ3) is 4.13. The molecule has 5 heteroatoms. The summed E-state index contributed by atoms with van der Waals surface area (Å²) in [6.07, 6.45) is 9.70. The SMILES string of the molecule is O=C(NCCc1ccccn1)[C@@H]1CCCN1C(=O)C1CCCCC1. The van der Waals surface area contributed by atoms with Gasteiger partial charge in [0.25, 0.3) is 0 Å². The number of aromatic nitrogens is 1. The Morgan fingerprint density at radius 2 is 1.96 bits per heavy atom. The number of nitrogens with zero attached hydrogens (tertiary/aromatic N) is 2. The molecule has 0 unspecified atom stereocenters. The first-order valence-corrected chi connectivity index (χ1v) is 9.24. The number of likely N-dealkylation sites (tertiary alicyclic amines) is 1. The van der Waals surface area contributed by atoms with Gasteiger partial charge in [-0.1, -0.05) is 25.3 Å². The highest BCUT2D eigenvalue weighted by Crippen LogP contribution is 2.28. The van der Waals surface area contributed by atoms with Crippen molar-refractivity contribution < 1.29 is 9.59 Å². The van der Waals surface area contributed by atoms with Crippen LogP contribution >= 0.6 is 0 Å². The molecule has 1 saturated heterocycles. The standard InChI is InChI=1S/C19H27N3O2/c23-18(21-13-11-16-9-4-5-12-20-16)17-10-6-14-22(17)19(24)15-7-2-1-3-8-15/h4-5,9,12,15,17H,1-3,6-8,10-11,13-14H2,(H,21,23)/t17-/m0/s1. The predicted molar refractivity (Wildman–Crippen MR) is 92.3 cm³/mol. The molecule has 0 bridgehead atoms. The quantitative estimate of drug-likeness (QED) is 0.902. The van der Waals surface area contributed by atoms with E-state index in [0.717, 1.165) is 57.2 Å². The molecule has 130 valence electrons. The summed E-state index contributed by atoms with van der Waals surface area (Å²) in [6.45, 7) is 1.30. The zero-order valence-corrected chi connectivity index (χ0v) is 14.2. The first-order valence-electron chi connectivity index (χ1n) is 9.24. The van der Waals surface area contributed by atoms with E-state index >= 15 is 0 Å². The van der Waals surface area contributed by atoms with Crippen LogP contribution in [0.3, 0.4) is 0 Å². The van der Waals surface area contributed by atoms with Crippen molar-refractivity contribution in [3.63, 3.8) is 0 Å². The maximum atomic E-state index is 12.7. The van der Waals surface area contributed by atoms with Crippen molar-refractivity contribution in [1.82, 2.24) is 15.2 Å². The van der Waals surface area contributed by atoms with Gasteiger partial charge >= 0.3 is 0 Å². The van der Waals surface area contributed by atoms with Crippen LogP contribution in [0.4, 0.5) is 0 Å². The number of pyridine rings is 1. The molecule has 5 nitrogen and oxygen atoms in total. The van der Waals surface area contributed by atoms with Crippen molar-refractivity contribution in [3.8, 4) is 0 Å². The van der Waals surface area contributed by atoms with Gasteiger partial charge in [-0.15, -0.1) is 0 Å². The van der Waals surface area contributed by atoms with Gasteiger partial charge in [-0.3, -0.25) is 14.6 Å². The van der Waals surface area contributed by atoms with Gasteiger partial charge in [0.1, 0.15) is 6.04 Å². The van der Waals surface area contributed by atoms with Crippen molar-refractivity contribution in [2.45, 2.75) is 57.4 Å². The Morgan fingerprint density at radius 3 is 2.71 bits per heavy atom. The van der Waals surface area contributed by atoms with Crippen LogP contribution in [0.5, 0.6) is 0 Å². The van der Waals surface area contributed by atoms with E-state index in [0.29, 0.717) is 6.54 Å². The van der Waals surface area contributed by atoms with Crippen LogP contribution in [0.15, 0.2) is 24.4 Å². The van der Waals surface area contributed by atoms with Crippen LogP contribution in [0, 0.1) is 5.92 Å². The number of amides is 2. The Labute approximate surface area is 143 Å². The number of rotatable bonds is 5. The minimum Gasteiger partial charge on any atom is -0.354 e. The number of nitrogens with one attached hydrogen (secondary N) is 1. The normalized spacial score (nSPS) is 21.7. The number of hydrogen-bond donors (Lipinski definition) is 1. The Hall–Kier alpha value is -1.91. The Bertz CT molecular complexity index is 555. The summed E-state index contributed by atoms with van der Waals surface area (Å²) in [6, 6.07) is 5.52. The highest BCUT2D eigenvalue weighted by molar-refractivity contribution is 5.89. The first-order chi connectivity index (χ1) is 11.8. The van der Waals surface area contributed by atoms with Gasteiger partial charge in [0.05, 0.1) is 0 Å². The molecule has 2 aliphatic rings. The minimum absolute atomic E-state index is 0.00686. The van der Waals surface area contributed by atoms with E-state index in [1.807, 2.05) is 23.1 Å². The molecule has 1 atom stereocenters. The topological polar surface area (TPSA) is 62.3 Å². The highest BCUT2D eigenvalue weighted by Gasteiger charge is 2.37. The number of carbonyl (C=O) groups is 2. The molecule has 2 amide bonds. The Kier molecular flexibility index (Phi) is 5.83. The molecule has 24 heavy (non-hydrogen) atoms. The fourth-order valence-corrected chi connectivity index (χ4v) is 3.86. The third-order valence-electron chi connectivity index (χ3n) is 5.20. The molecular formula is C19H27N3O2. The van der Waals surface area contributed by atoms with Gasteiger partial charge in [-0.05, 0) is 37.8 Å². The average molecular weight is 329 g/mol. The van der Waals surface area contributed by atoms with Gasteiger partial charge in [0.2, 0.25) is 11.8 Å². The molecule has 2 heterocycles. The zero-order valence-electron chi connectivity index (χ0n) is 14.2. The van der Waals surface area contributed by atoms with E-state index in [1.165, 1.54) is 6.42 Å². The predicted octanol–water partition coefficient (Wildman–Crippen LogP) is 2.31. The van der Waals surface area contributed by atoms with Crippen LogP contribution in [0.2, 0.25) is 0 Å². The fourth-order valence-electron chi connectivity index (χ4n) is 3.86. The summed E-state index contributed by atoms with van der Waals surface area (Å²) in [5.74, 6) is 0.338. The second-order valence-corrected chi connectivity index (χ2v) is 6.89. The van der Waals surface area contributed by atoms with Crippen molar-refractivity contribution in [1.29, 1.82) is 0 Å². The summed E-state index contributed by atoms with van der Waals surface area (Å²) in [5.41, 5.74) is 0.972. The maximum absolute atomic E-state index is 12.7. The van der Waals surface area contributed by atoms with Gasteiger partial charge in [-0.2, -0.15) is 0 Å². The fraction of sp³-hybridized carbons (Fsp3) is 0.632. The van der Waals surface area contributed by atoms with Crippen molar-refractivity contribution in [2.24, 2.45) is 5.92 Å². The molecule has 1 aliphatic carbocycles. The van der Waals surface area contributed by atoms with Gasteiger partial charge in [0, 0.05) is 37.3 Å². The van der Waals surface area contributed by atoms with Crippen LogP contribution in [-0.2, 0) is 16.0 Å². The highest BCUT2D eigenvalue weighted by atomic mass is 16.2. The zero-order chi connectivity index (χ0) is 16.8. The van der Waals surface area contributed by atoms with E-state index in [2.05, 4.69) is 10.3 Å². The minimum atomic E-state index is -0.275. The lowest BCUT2D eigenvalue weighted by Crippen LogP contribution is -2.48. The van der Waals surface area contributed by atoms with Gasteiger partial charge < -0.3 is 10.2 Å². The largest absolute Gasteiger partial charge is 0.354 e. The van der Waals surface area contributed by atoms with Crippen molar-refractivity contribution in [2.75, 3.05) is 13.1 Å². The van der Waals surface area contributed by atoms with E-state index in [-0.39, 0.29) is 23.8 Å². The molecule has 0 spiro atoms. The number of carbonyl (C=O) groups excluding carboxylic acids is 2. The van der Waals surface area contributed by atoms with Crippen LogP contribution in [0.25, 0.3) is 0 Å². The molecule has 1 N–H and O–H groups in total. The molecule has 1 aromatic rings. The van der Waals surface area contributed by atoms with E-state index in [1.54, 1.807) is 6.20 Å². The van der Waals surface area contributed by atoms with Crippen LogP contribution in [-0.4, -0.2) is 40.8 Å². The molecule has 1 aliphatic heterocycles. The smallest absolute Gasteiger partial charge is 0.242 e. The first kappa shape index (κ1) is 16.9. The number of hydrogen-bond acceptors (Lipinski definition) is 3. The summed E-state index contributed by atoms with van der Waals surface area (Å²) in [5, 5.41) is 2.99. The molecule has 1 saturated carbocycles. The summed E-state index contributed by atoms with van der Waals surface area (Å²) in [7, 11) is 0. The molecular weight excluding hydrogens is 302 g/mol. The molecule has 0 radical (unpaired) electrons. The molecule has 0 aromatic carbocycles. The van der Waals surface area contributed by atoms with E-state index < -0.39 is 0 Å². The Morgan fingerprint density at radius 1 is 1.12 bits per heavy atom. The van der Waals surface area contributed by atoms with Crippen molar-refractivity contribution in [3.05, 3.63) is 30.1 Å². The summed E-state index contributed by atoms with van der Waals surface area (Å²) >= 11 is 0. The second-order valence-electron chi connectivity index (χ2n) is 6.89. The third-order valence-corrected chi connectivity index (χ3v) is 5.20. The molecule has 2 fully saturated rings. The van der Waals surface area contributed by atoms with E-state index in [9.17, 15) is 9.59 Å². The van der Waals surface area contributed by atoms with Crippen LogP contribution < -0.4 is 5.32 Å². The van der Waals surface area contributed by atoms with Crippen molar-refractivity contribution >= 4 is 11.8 Å². The second kappa shape index (κ2) is 8.27. The summed E-state index contributed by atoms with van der Waals surface area (Å²) in [4.78, 5) is 31.4. The van der Waals surface area contributed by atoms with Gasteiger partial charge in [-0.25, -0.2) is 0 Å². The maximum Gasteiger partial charge on any atom is 0.242 e. The Balaban J connectivity index is 1.50. The average Bonchev–Trinajstić information content (AvgIpc) is 3.12. The van der Waals surface area contributed by atoms with Gasteiger partial charge in [0.15, 0.2) is 0 Å². The summed E-state index contributed by atoms with van der Waals surface area (Å²) < 4.78 is 0. The lowest BCUT2D eigenvalue weighted by Gasteiger charge is -2.30. The lowest BCUT2D eigenvalue weighted by atomic mass is 9.88.